The molecule has 0 aliphatic carbocycles. The number of nitrogens with zero attached hydrogens (tertiary/aromatic N) is 2. The Bertz CT molecular complexity index is 660. The first-order chi connectivity index (χ1) is 9.11. The van der Waals surface area contributed by atoms with Crippen molar-refractivity contribution in [2.24, 2.45) is 5.73 Å². The zero-order valence-electron chi connectivity index (χ0n) is 10.2. The maximum Gasteiger partial charge on any atom is 0.257 e. The third kappa shape index (κ3) is 2.95. The van der Waals surface area contributed by atoms with Gasteiger partial charge in [-0.2, -0.15) is 5.26 Å². The summed E-state index contributed by atoms with van der Waals surface area (Å²) in [6.07, 6.45) is 0. The Morgan fingerprint density at radius 3 is 2.89 bits per heavy atom. The van der Waals surface area contributed by atoms with Crippen molar-refractivity contribution in [1.29, 1.82) is 5.26 Å². The quantitative estimate of drug-likeness (QED) is 0.521. The van der Waals surface area contributed by atoms with Crippen molar-refractivity contribution in [3.8, 4) is 6.07 Å². The average molecular weight is 273 g/mol. The SMILES string of the molecule is C/C(N)=C(/C#N)C(=O)CSc1nc2ccccc2o1. The molecule has 1 aromatic carbocycles. The van der Waals surface area contributed by atoms with Crippen LogP contribution in [0.5, 0.6) is 0 Å². The van der Waals surface area contributed by atoms with E-state index in [0.717, 1.165) is 17.3 Å². The molecule has 2 aromatic rings. The van der Waals surface area contributed by atoms with Crippen molar-refractivity contribution in [2.45, 2.75) is 12.1 Å². The van der Waals surface area contributed by atoms with E-state index >= 15 is 0 Å². The molecule has 0 aliphatic heterocycles. The highest BCUT2D eigenvalue weighted by atomic mass is 32.2. The molecule has 0 bridgehead atoms. The van der Waals surface area contributed by atoms with Crippen LogP contribution < -0.4 is 5.73 Å². The molecule has 1 heterocycles. The number of nitrogens with two attached hydrogens (primary N) is 1. The fourth-order valence-corrected chi connectivity index (χ4v) is 2.19. The molecule has 19 heavy (non-hydrogen) atoms. The van der Waals surface area contributed by atoms with Gasteiger partial charge < -0.3 is 10.2 Å². The number of rotatable bonds is 4. The van der Waals surface area contributed by atoms with Crippen molar-refractivity contribution in [1.82, 2.24) is 4.98 Å². The Hall–Kier alpha value is -2.26. The average Bonchev–Trinajstić information content (AvgIpc) is 2.79. The summed E-state index contributed by atoms with van der Waals surface area (Å²) in [4.78, 5) is 16.0. The van der Waals surface area contributed by atoms with Crippen LogP contribution in [0, 0.1) is 11.3 Å². The van der Waals surface area contributed by atoms with Crippen molar-refractivity contribution in [3.63, 3.8) is 0 Å². The van der Waals surface area contributed by atoms with Gasteiger partial charge >= 0.3 is 0 Å². The molecule has 2 N–H and O–H groups in total. The molecular formula is C13H11N3O2S. The summed E-state index contributed by atoms with van der Waals surface area (Å²) in [7, 11) is 0. The smallest absolute Gasteiger partial charge is 0.257 e. The summed E-state index contributed by atoms with van der Waals surface area (Å²) in [6.45, 7) is 1.53. The van der Waals surface area contributed by atoms with E-state index in [1.165, 1.54) is 6.92 Å². The maximum atomic E-state index is 11.8. The number of hydrogen-bond donors (Lipinski definition) is 1. The van der Waals surface area contributed by atoms with Gasteiger partial charge in [0.1, 0.15) is 17.2 Å². The van der Waals surface area contributed by atoms with Crippen molar-refractivity contribution in [3.05, 3.63) is 35.5 Å². The number of thioether (sulfide) groups is 1. The van der Waals surface area contributed by atoms with Gasteiger partial charge in [0.25, 0.3) is 5.22 Å². The van der Waals surface area contributed by atoms with E-state index in [1.54, 1.807) is 12.1 Å². The Morgan fingerprint density at radius 2 is 2.26 bits per heavy atom. The van der Waals surface area contributed by atoms with E-state index in [2.05, 4.69) is 4.98 Å². The van der Waals surface area contributed by atoms with E-state index in [1.807, 2.05) is 18.2 Å². The Morgan fingerprint density at radius 1 is 1.53 bits per heavy atom. The third-order valence-electron chi connectivity index (χ3n) is 2.39. The highest BCUT2D eigenvalue weighted by Crippen LogP contribution is 2.23. The molecule has 0 saturated heterocycles. The predicted octanol–water partition coefficient (Wildman–Crippen LogP) is 2.25. The molecule has 5 nitrogen and oxygen atoms in total. The Kier molecular flexibility index (Phi) is 3.88. The summed E-state index contributed by atoms with van der Waals surface area (Å²) < 4.78 is 5.46. The minimum absolute atomic E-state index is 0.0105. The summed E-state index contributed by atoms with van der Waals surface area (Å²) in [5.41, 5.74) is 7.09. The number of Topliss-reactive ketones (excluding diaryl/α,β-unsaturated/α-hetero) is 1. The lowest BCUT2D eigenvalue weighted by atomic mass is 10.2. The van der Waals surface area contributed by atoms with Crippen LogP contribution in [0.3, 0.4) is 0 Å². The van der Waals surface area contributed by atoms with Gasteiger partial charge in [0, 0.05) is 5.70 Å². The second-order valence-electron chi connectivity index (χ2n) is 3.83. The van der Waals surface area contributed by atoms with Gasteiger partial charge in [-0.3, -0.25) is 4.79 Å². The number of carbonyl (C=O) groups is 1. The zero-order valence-corrected chi connectivity index (χ0v) is 11.0. The fourth-order valence-electron chi connectivity index (χ4n) is 1.48. The molecule has 6 heteroatoms. The maximum absolute atomic E-state index is 11.8. The molecule has 0 saturated carbocycles. The van der Waals surface area contributed by atoms with E-state index < -0.39 is 0 Å². The van der Waals surface area contributed by atoms with E-state index in [9.17, 15) is 4.79 Å². The lowest BCUT2D eigenvalue weighted by molar-refractivity contribution is -0.112. The first kappa shape index (κ1) is 13.2. The van der Waals surface area contributed by atoms with Crippen molar-refractivity contribution < 1.29 is 9.21 Å². The zero-order chi connectivity index (χ0) is 13.8. The van der Waals surface area contributed by atoms with Crippen molar-refractivity contribution >= 4 is 28.6 Å². The van der Waals surface area contributed by atoms with Crippen LogP contribution in [-0.2, 0) is 4.79 Å². The molecule has 0 unspecified atom stereocenters. The Labute approximate surface area is 114 Å². The number of allylic oxidation sites excluding steroid dienone is 2. The normalized spacial score (nSPS) is 12.0. The highest BCUT2D eigenvalue weighted by Gasteiger charge is 2.14. The first-order valence-corrected chi connectivity index (χ1v) is 6.48. The van der Waals surface area contributed by atoms with Crippen LogP contribution in [0.15, 0.2) is 45.2 Å². The summed E-state index contributed by atoms with van der Waals surface area (Å²) >= 11 is 1.15. The number of nitriles is 1. The molecule has 0 fully saturated rings. The van der Waals surface area contributed by atoms with Crippen LogP contribution in [0.4, 0.5) is 0 Å². The van der Waals surface area contributed by atoms with Gasteiger partial charge in [-0.1, -0.05) is 23.9 Å². The monoisotopic (exact) mass is 273 g/mol. The van der Waals surface area contributed by atoms with Gasteiger partial charge in [0.05, 0.1) is 5.75 Å². The van der Waals surface area contributed by atoms with Crippen LogP contribution in [0.2, 0.25) is 0 Å². The lowest BCUT2D eigenvalue weighted by Crippen LogP contribution is -2.10. The van der Waals surface area contributed by atoms with Gasteiger partial charge in [-0.05, 0) is 19.1 Å². The third-order valence-corrected chi connectivity index (χ3v) is 3.21. The molecule has 0 amide bonds. The van der Waals surface area contributed by atoms with Gasteiger partial charge in [0.15, 0.2) is 11.4 Å². The first-order valence-electron chi connectivity index (χ1n) is 5.50. The summed E-state index contributed by atoms with van der Waals surface area (Å²) in [5, 5.41) is 9.23. The standard InChI is InChI=1S/C13H11N3O2S/c1-8(15)9(6-14)11(17)7-19-13-16-10-4-2-3-5-12(10)18-13/h2-5H,7,15H2,1H3/b9-8+. The molecule has 0 aliphatic rings. The van der Waals surface area contributed by atoms with Crippen molar-refractivity contribution in [2.75, 3.05) is 5.75 Å². The van der Waals surface area contributed by atoms with Crippen LogP contribution in [0.25, 0.3) is 11.1 Å². The number of hydrogen-bond acceptors (Lipinski definition) is 6. The number of oxazole rings is 1. The number of para-hydroxylation sites is 2. The van der Waals surface area contributed by atoms with Crippen LogP contribution in [-0.4, -0.2) is 16.5 Å². The Balaban J connectivity index is 2.09. The van der Waals surface area contributed by atoms with E-state index in [0.29, 0.717) is 10.8 Å². The number of aromatic nitrogens is 1. The minimum atomic E-state index is -0.324. The van der Waals surface area contributed by atoms with E-state index in [-0.39, 0.29) is 22.8 Å². The molecule has 1 aromatic heterocycles. The number of benzene rings is 1. The fraction of sp³-hybridized carbons (Fsp3) is 0.154. The molecule has 96 valence electrons. The highest BCUT2D eigenvalue weighted by molar-refractivity contribution is 7.99. The largest absolute Gasteiger partial charge is 0.431 e. The number of ketones is 1. The summed E-state index contributed by atoms with van der Waals surface area (Å²) in [5.74, 6) is -0.251. The molecular weight excluding hydrogens is 262 g/mol. The molecule has 0 radical (unpaired) electrons. The topological polar surface area (TPSA) is 92.9 Å². The lowest BCUT2D eigenvalue weighted by Gasteiger charge is -1.98. The molecule has 0 atom stereocenters. The number of fused-ring (bicyclic) bond motifs is 1. The number of carbonyl (C=O) groups excluding carboxylic acids is 1. The second-order valence-corrected chi connectivity index (χ2v) is 4.76. The van der Waals surface area contributed by atoms with Gasteiger partial charge in [-0.15, -0.1) is 0 Å². The predicted molar refractivity (Wildman–Crippen MR) is 72.2 cm³/mol. The van der Waals surface area contributed by atoms with Crippen LogP contribution >= 0.6 is 11.8 Å². The summed E-state index contributed by atoms with van der Waals surface area (Å²) in [6, 6.07) is 9.15. The molecule has 0 spiro atoms. The van der Waals surface area contributed by atoms with Crippen LogP contribution in [0.1, 0.15) is 6.92 Å². The minimum Gasteiger partial charge on any atom is -0.431 e. The van der Waals surface area contributed by atoms with Gasteiger partial charge in [-0.25, -0.2) is 4.98 Å². The molecule has 2 rings (SSSR count). The second kappa shape index (κ2) is 5.59. The van der Waals surface area contributed by atoms with Gasteiger partial charge in [0.2, 0.25) is 0 Å². The van der Waals surface area contributed by atoms with E-state index in [4.69, 9.17) is 15.4 Å².